The third-order valence-corrected chi connectivity index (χ3v) is 3.63. The minimum Gasteiger partial charge on any atom is -0.369 e. The molecule has 1 aromatic carbocycles. The van der Waals surface area contributed by atoms with E-state index < -0.39 is 11.6 Å². The van der Waals surface area contributed by atoms with Crippen molar-refractivity contribution in [3.8, 4) is 0 Å². The normalized spacial score (nSPS) is 13.0. The molecule has 0 fully saturated rings. The fraction of sp³-hybridized carbons (Fsp3) is 0.286. The summed E-state index contributed by atoms with van der Waals surface area (Å²) < 4.78 is 34.0. The third-order valence-electron chi connectivity index (χ3n) is 3.63. The molecule has 1 unspecified atom stereocenters. The van der Waals surface area contributed by atoms with Gasteiger partial charge in [-0.1, -0.05) is 5.16 Å². The van der Waals surface area contributed by atoms with Crippen LogP contribution in [-0.4, -0.2) is 14.7 Å². The molecule has 0 bridgehead atoms. The van der Waals surface area contributed by atoms with Gasteiger partial charge < -0.3 is 14.8 Å². The first kappa shape index (κ1) is 13.5. The Labute approximate surface area is 119 Å². The van der Waals surface area contributed by atoms with Crippen LogP contribution in [0.5, 0.6) is 0 Å². The van der Waals surface area contributed by atoms with Gasteiger partial charge in [0.1, 0.15) is 17.1 Å². The summed E-state index contributed by atoms with van der Waals surface area (Å²) in [6.07, 6.45) is 0. The van der Waals surface area contributed by atoms with Crippen molar-refractivity contribution in [3.63, 3.8) is 0 Å². The number of halogens is 2. The Kier molecular flexibility index (Phi) is 2.93. The van der Waals surface area contributed by atoms with E-state index in [1.165, 1.54) is 6.07 Å². The number of imidazole rings is 1. The molecular formula is C14H14F2N4O. The van der Waals surface area contributed by atoms with Crippen LogP contribution in [0.3, 0.4) is 0 Å². The molecule has 110 valence electrons. The highest BCUT2D eigenvalue weighted by Crippen LogP contribution is 2.31. The molecule has 0 aliphatic carbocycles. The number of aryl methyl sites for hydroxylation is 2. The van der Waals surface area contributed by atoms with Gasteiger partial charge in [-0.2, -0.15) is 0 Å². The van der Waals surface area contributed by atoms with E-state index in [9.17, 15) is 8.78 Å². The van der Waals surface area contributed by atoms with Crippen LogP contribution in [0.15, 0.2) is 16.7 Å². The van der Waals surface area contributed by atoms with E-state index in [0.717, 1.165) is 11.6 Å². The first-order valence-electron chi connectivity index (χ1n) is 6.45. The van der Waals surface area contributed by atoms with Gasteiger partial charge in [0.05, 0.1) is 17.3 Å². The Balaban J connectivity index is 2.27. The van der Waals surface area contributed by atoms with Crippen LogP contribution in [0.1, 0.15) is 30.0 Å². The van der Waals surface area contributed by atoms with Crippen LogP contribution >= 0.6 is 0 Å². The third kappa shape index (κ3) is 1.96. The number of nitrogens with two attached hydrogens (primary N) is 1. The molecule has 0 radical (unpaired) electrons. The number of hydrogen-bond acceptors (Lipinski definition) is 4. The molecule has 7 heteroatoms. The largest absolute Gasteiger partial charge is 0.369 e. The zero-order valence-electron chi connectivity index (χ0n) is 11.8. The number of anilines is 1. The summed E-state index contributed by atoms with van der Waals surface area (Å²) in [7, 11) is 0. The number of nitrogen functional groups attached to an aromatic ring is 1. The van der Waals surface area contributed by atoms with Crippen LogP contribution in [0.4, 0.5) is 14.7 Å². The summed E-state index contributed by atoms with van der Waals surface area (Å²) in [5.74, 6) is -0.659. The summed E-state index contributed by atoms with van der Waals surface area (Å²) in [6.45, 7) is 5.44. The maximum atomic E-state index is 13.8. The molecule has 3 rings (SSSR count). The molecule has 2 heterocycles. The van der Waals surface area contributed by atoms with Crippen molar-refractivity contribution in [1.29, 1.82) is 0 Å². The van der Waals surface area contributed by atoms with Gasteiger partial charge in [0.15, 0.2) is 5.82 Å². The van der Waals surface area contributed by atoms with Crippen molar-refractivity contribution >= 4 is 17.0 Å². The molecule has 2 aromatic heterocycles. The highest BCUT2D eigenvalue weighted by molar-refractivity contribution is 5.79. The van der Waals surface area contributed by atoms with Gasteiger partial charge in [-0.05, 0) is 20.8 Å². The Bertz CT molecular complexity index is 818. The lowest BCUT2D eigenvalue weighted by atomic mass is 10.1. The number of rotatable bonds is 2. The number of fused-ring (bicyclic) bond motifs is 1. The van der Waals surface area contributed by atoms with Gasteiger partial charge in [0, 0.05) is 17.7 Å². The first-order valence-corrected chi connectivity index (χ1v) is 6.45. The smallest absolute Gasteiger partial charge is 0.201 e. The SMILES string of the molecule is Cc1noc(C)c1C(C)n1c(N)nc2c(F)cc(F)cc21. The van der Waals surface area contributed by atoms with Crippen molar-refractivity contribution in [2.24, 2.45) is 0 Å². The summed E-state index contributed by atoms with van der Waals surface area (Å²) in [4.78, 5) is 3.99. The second-order valence-electron chi connectivity index (χ2n) is 5.01. The van der Waals surface area contributed by atoms with E-state index in [-0.39, 0.29) is 17.5 Å². The van der Waals surface area contributed by atoms with Gasteiger partial charge in [-0.25, -0.2) is 13.8 Å². The van der Waals surface area contributed by atoms with Crippen molar-refractivity contribution in [2.45, 2.75) is 26.8 Å². The second-order valence-corrected chi connectivity index (χ2v) is 5.01. The monoisotopic (exact) mass is 292 g/mol. The lowest BCUT2D eigenvalue weighted by molar-refractivity contribution is 0.391. The predicted octanol–water partition coefficient (Wildman–Crippen LogP) is 3.11. The van der Waals surface area contributed by atoms with Crippen molar-refractivity contribution < 1.29 is 13.3 Å². The molecule has 0 aliphatic rings. The van der Waals surface area contributed by atoms with E-state index in [1.54, 1.807) is 18.4 Å². The van der Waals surface area contributed by atoms with Crippen LogP contribution in [0, 0.1) is 25.5 Å². The van der Waals surface area contributed by atoms with Gasteiger partial charge in [-0.15, -0.1) is 0 Å². The summed E-state index contributed by atoms with van der Waals surface area (Å²) in [6, 6.07) is 1.71. The van der Waals surface area contributed by atoms with E-state index in [1.807, 2.05) is 6.92 Å². The van der Waals surface area contributed by atoms with E-state index in [4.69, 9.17) is 10.3 Å². The predicted molar refractivity (Wildman–Crippen MR) is 73.9 cm³/mol. The molecule has 1 atom stereocenters. The fourth-order valence-electron chi connectivity index (χ4n) is 2.76. The highest BCUT2D eigenvalue weighted by atomic mass is 19.1. The van der Waals surface area contributed by atoms with Crippen LogP contribution in [0.25, 0.3) is 11.0 Å². The lowest BCUT2D eigenvalue weighted by Gasteiger charge is -2.16. The molecule has 5 nitrogen and oxygen atoms in total. The average molecular weight is 292 g/mol. The van der Waals surface area contributed by atoms with E-state index in [2.05, 4.69) is 10.1 Å². The fourth-order valence-corrected chi connectivity index (χ4v) is 2.76. The van der Waals surface area contributed by atoms with Crippen molar-refractivity contribution in [2.75, 3.05) is 5.73 Å². The molecule has 0 spiro atoms. The van der Waals surface area contributed by atoms with Gasteiger partial charge in [0.2, 0.25) is 5.95 Å². The topological polar surface area (TPSA) is 69.9 Å². The summed E-state index contributed by atoms with van der Waals surface area (Å²) in [5, 5.41) is 3.89. The maximum absolute atomic E-state index is 13.8. The van der Waals surface area contributed by atoms with Crippen LogP contribution in [0.2, 0.25) is 0 Å². The minimum absolute atomic E-state index is 0.0486. The number of nitrogens with zero attached hydrogens (tertiary/aromatic N) is 3. The Morgan fingerprint density at radius 3 is 2.62 bits per heavy atom. The van der Waals surface area contributed by atoms with E-state index in [0.29, 0.717) is 17.0 Å². The van der Waals surface area contributed by atoms with E-state index >= 15 is 0 Å². The van der Waals surface area contributed by atoms with Gasteiger partial charge >= 0.3 is 0 Å². The molecule has 0 saturated carbocycles. The lowest BCUT2D eigenvalue weighted by Crippen LogP contribution is -2.11. The minimum atomic E-state index is -0.735. The Morgan fingerprint density at radius 2 is 2.00 bits per heavy atom. The van der Waals surface area contributed by atoms with Crippen molar-refractivity contribution in [1.82, 2.24) is 14.7 Å². The second kappa shape index (κ2) is 4.54. The first-order chi connectivity index (χ1) is 9.90. The van der Waals surface area contributed by atoms with Crippen LogP contribution < -0.4 is 5.73 Å². The zero-order chi connectivity index (χ0) is 15.3. The highest BCUT2D eigenvalue weighted by Gasteiger charge is 2.23. The number of benzene rings is 1. The van der Waals surface area contributed by atoms with Gasteiger partial charge in [-0.3, -0.25) is 0 Å². The number of aromatic nitrogens is 3. The molecule has 0 saturated heterocycles. The molecule has 3 aromatic rings. The number of hydrogen-bond donors (Lipinski definition) is 1. The van der Waals surface area contributed by atoms with Gasteiger partial charge in [0.25, 0.3) is 0 Å². The molecule has 21 heavy (non-hydrogen) atoms. The average Bonchev–Trinajstić information content (AvgIpc) is 2.89. The molecular weight excluding hydrogens is 278 g/mol. The molecule has 2 N–H and O–H groups in total. The summed E-state index contributed by atoms with van der Waals surface area (Å²) >= 11 is 0. The Hall–Kier alpha value is -2.44. The maximum Gasteiger partial charge on any atom is 0.201 e. The zero-order valence-corrected chi connectivity index (χ0v) is 11.8. The standard InChI is InChI=1S/C14H14F2N4O/c1-6-12(8(3)21-19-6)7(2)20-11-5-9(15)4-10(16)13(11)18-14(20)17/h4-5,7H,1-3H3,(H2,17,18). The quantitative estimate of drug-likeness (QED) is 0.788. The Morgan fingerprint density at radius 1 is 1.29 bits per heavy atom. The molecule has 0 amide bonds. The summed E-state index contributed by atoms with van der Waals surface area (Å²) in [5.41, 5.74) is 7.77. The molecule has 0 aliphatic heterocycles. The van der Waals surface area contributed by atoms with Crippen molar-refractivity contribution in [3.05, 3.63) is 40.8 Å². The van der Waals surface area contributed by atoms with Crippen LogP contribution in [-0.2, 0) is 0 Å².